The molecule has 5 nitrogen and oxygen atoms in total. The van der Waals surface area contributed by atoms with Crippen molar-refractivity contribution in [2.24, 2.45) is 17.6 Å². The van der Waals surface area contributed by atoms with Crippen LogP contribution >= 0.6 is 23.2 Å². The fourth-order valence-electron chi connectivity index (χ4n) is 4.66. The predicted molar refractivity (Wildman–Crippen MR) is 119 cm³/mol. The van der Waals surface area contributed by atoms with Crippen molar-refractivity contribution in [2.45, 2.75) is 31.5 Å². The fraction of sp³-hybridized carbons (Fsp3) is 0.409. The van der Waals surface area contributed by atoms with E-state index in [4.69, 9.17) is 28.9 Å². The Morgan fingerprint density at radius 1 is 1.50 bits per heavy atom. The molecule has 0 unspecified atom stereocenters. The summed E-state index contributed by atoms with van der Waals surface area (Å²) in [5, 5.41) is 13.7. The molecular weight excluding hydrogens is 428 g/mol. The molecule has 0 bridgehead atoms. The standard InChI is InChI=1S/C22H26Cl2FN3O2/c1-12(2)10-28-18(11-29)20(26)19(16(25)6-4-5-13(3)23)22(28)15-8-7-14(24)9-17(15)27-21(22)30/h4-9,12,18-20,29H,3,10-11,26H2,1-2H3,(H,27,30)/b5-4-,16-6-/t18-,19-,20+,22+/m0/s1. The number of anilines is 1. The summed E-state index contributed by atoms with van der Waals surface area (Å²) in [6, 6.07) is 3.63. The molecule has 4 N–H and O–H groups in total. The number of fused-ring (bicyclic) bond motifs is 2. The lowest BCUT2D eigenvalue weighted by Crippen LogP contribution is -2.54. The number of nitrogens with one attached hydrogen (secondary N) is 1. The summed E-state index contributed by atoms with van der Waals surface area (Å²) < 4.78 is 15.6. The number of carbonyl (C=O) groups excluding carboxylic acids is 1. The molecule has 2 aliphatic heterocycles. The third-order valence-electron chi connectivity index (χ3n) is 5.70. The van der Waals surface area contributed by atoms with E-state index in [9.17, 15) is 9.90 Å². The van der Waals surface area contributed by atoms with Crippen LogP contribution in [0.1, 0.15) is 19.4 Å². The molecule has 3 rings (SSSR count). The average Bonchev–Trinajstić information content (AvgIpc) is 3.06. The van der Waals surface area contributed by atoms with Crippen molar-refractivity contribution in [1.29, 1.82) is 0 Å². The number of likely N-dealkylation sites (tertiary alicyclic amines) is 1. The zero-order valence-corrected chi connectivity index (χ0v) is 18.4. The van der Waals surface area contributed by atoms with Crippen LogP contribution in [-0.2, 0) is 10.3 Å². The molecule has 1 aromatic rings. The van der Waals surface area contributed by atoms with Crippen molar-refractivity contribution in [3.63, 3.8) is 0 Å². The van der Waals surface area contributed by atoms with E-state index in [0.717, 1.165) is 0 Å². The molecule has 0 aromatic heterocycles. The highest BCUT2D eigenvalue weighted by atomic mass is 35.5. The topological polar surface area (TPSA) is 78.6 Å². The summed E-state index contributed by atoms with van der Waals surface area (Å²) in [6.45, 7) is 7.68. The van der Waals surface area contributed by atoms with Gasteiger partial charge < -0.3 is 16.2 Å². The quantitative estimate of drug-likeness (QED) is 0.570. The first-order chi connectivity index (χ1) is 14.1. The lowest BCUT2D eigenvalue weighted by atomic mass is 9.76. The number of hydrogen-bond acceptors (Lipinski definition) is 4. The van der Waals surface area contributed by atoms with Crippen LogP contribution < -0.4 is 11.1 Å². The van der Waals surface area contributed by atoms with Crippen LogP contribution in [0.25, 0.3) is 0 Å². The van der Waals surface area contributed by atoms with E-state index in [1.807, 2.05) is 18.7 Å². The lowest BCUT2D eigenvalue weighted by molar-refractivity contribution is -0.129. The molecule has 1 saturated heterocycles. The van der Waals surface area contributed by atoms with Crippen molar-refractivity contribution in [2.75, 3.05) is 18.5 Å². The highest BCUT2D eigenvalue weighted by molar-refractivity contribution is 6.31. The number of rotatable bonds is 6. The molecule has 2 heterocycles. The number of nitrogens with zero attached hydrogens (tertiary/aromatic N) is 1. The molecule has 0 radical (unpaired) electrons. The smallest absolute Gasteiger partial charge is 0.250 e. The van der Waals surface area contributed by atoms with E-state index >= 15 is 4.39 Å². The minimum absolute atomic E-state index is 0.150. The van der Waals surface area contributed by atoms with Gasteiger partial charge in [-0.05, 0) is 30.2 Å². The molecule has 1 fully saturated rings. The Morgan fingerprint density at radius 2 is 2.20 bits per heavy atom. The maximum absolute atomic E-state index is 15.6. The van der Waals surface area contributed by atoms with Gasteiger partial charge in [0.25, 0.3) is 0 Å². The van der Waals surface area contributed by atoms with Gasteiger partial charge in [-0.15, -0.1) is 0 Å². The molecule has 1 aromatic carbocycles. The van der Waals surface area contributed by atoms with E-state index in [-0.39, 0.29) is 23.5 Å². The number of hydrogen-bond donors (Lipinski definition) is 3. The van der Waals surface area contributed by atoms with Crippen LogP contribution in [-0.4, -0.2) is 41.1 Å². The highest BCUT2D eigenvalue weighted by Gasteiger charge is 2.66. The van der Waals surface area contributed by atoms with Crippen LogP contribution in [0, 0.1) is 11.8 Å². The number of benzene rings is 1. The largest absolute Gasteiger partial charge is 0.395 e. The SMILES string of the molecule is C=C(Cl)/C=C\C=C(/F)[C@H]1[C@H](N)[C@H](CO)N(CC(C)C)[C@@]12C(=O)Nc1cc(Cl)ccc12. The van der Waals surface area contributed by atoms with Gasteiger partial charge in [-0.1, -0.05) is 55.8 Å². The number of aliphatic hydroxyl groups excluding tert-OH is 1. The monoisotopic (exact) mass is 453 g/mol. The minimum Gasteiger partial charge on any atom is -0.395 e. The number of aliphatic hydroxyl groups is 1. The second-order valence-corrected chi connectivity index (χ2v) is 9.04. The summed E-state index contributed by atoms with van der Waals surface area (Å²) in [5.41, 5.74) is 6.20. The first kappa shape index (κ1) is 23.0. The molecule has 0 saturated carbocycles. The lowest BCUT2D eigenvalue weighted by Gasteiger charge is -2.39. The van der Waals surface area contributed by atoms with E-state index in [2.05, 4.69) is 11.9 Å². The van der Waals surface area contributed by atoms with E-state index < -0.39 is 29.4 Å². The van der Waals surface area contributed by atoms with Gasteiger partial charge in [-0.2, -0.15) is 0 Å². The van der Waals surface area contributed by atoms with Gasteiger partial charge >= 0.3 is 0 Å². The molecule has 2 aliphatic rings. The summed E-state index contributed by atoms with van der Waals surface area (Å²) in [5.74, 6) is -1.81. The molecule has 1 spiro atoms. The molecule has 0 aliphatic carbocycles. The van der Waals surface area contributed by atoms with Gasteiger partial charge in [0.05, 0.1) is 12.5 Å². The fourth-order valence-corrected chi connectivity index (χ4v) is 4.90. The highest BCUT2D eigenvalue weighted by Crippen LogP contribution is 2.55. The Labute approximate surface area is 186 Å². The first-order valence-electron chi connectivity index (χ1n) is 9.77. The summed E-state index contributed by atoms with van der Waals surface area (Å²) >= 11 is 11.8. The van der Waals surface area contributed by atoms with Crippen LogP contribution in [0.2, 0.25) is 5.02 Å². The maximum atomic E-state index is 15.6. The van der Waals surface area contributed by atoms with Crippen LogP contribution in [0.4, 0.5) is 10.1 Å². The summed E-state index contributed by atoms with van der Waals surface area (Å²) in [4.78, 5) is 15.3. The van der Waals surface area contributed by atoms with Gasteiger partial charge in [-0.25, -0.2) is 4.39 Å². The van der Waals surface area contributed by atoms with Gasteiger partial charge in [0.1, 0.15) is 11.4 Å². The number of carbonyl (C=O) groups is 1. The Balaban J connectivity index is 2.25. The Morgan fingerprint density at radius 3 is 2.80 bits per heavy atom. The first-order valence-corrected chi connectivity index (χ1v) is 10.5. The molecular formula is C22H26Cl2FN3O2. The molecule has 4 atom stereocenters. The van der Waals surface area contributed by atoms with Gasteiger partial charge in [0.15, 0.2) is 0 Å². The zero-order chi connectivity index (χ0) is 22.2. The Bertz CT molecular complexity index is 918. The van der Waals surface area contributed by atoms with Crippen molar-refractivity contribution in [1.82, 2.24) is 4.90 Å². The zero-order valence-electron chi connectivity index (χ0n) is 16.9. The number of halogens is 3. The van der Waals surface area contributed by atoms with Crippen molar-refractivity contribution < 1.29 is 14.3 Å². The second-order valence-electron chi connectivity index (χ2n) is 8.12. The van der Waals surface area contributed by atoms with Crippen molar-refractivity contribution in [3.8, 4) is 0 Å². The molecule has 8 heteroatoms. The van der Waals surface area contributed by atoms with Gasteiger partial charge in [-0.3, -0.25) is 9.69 Å². The second kappa shape index (κ2) is 8.81. The van der Waals surface area contributed by atoms with E-state index in [1.54, 1.807) is 18.2 Å². The normalized spacial score (nSPS) is 29.3. The van der Waals surface area contributed by atoms with Gasteiger partial charge in [0, 0.05) is 39.9 Å². The molecule has 1 amide bonds. The molecule has 30 heavy (non-hydrogen) atoms. The Kier molecular flexibility index (Phi) is 6.75. The number of amides is 1. The van der Waals surface area contributed by atoms with Crippen LogP contribution in [0.15, 0.2) is 53.9 Å². The van der Waals surface area contributed by atoms with Crippen LogP contribution in [0.3, 0.4) is 0 Å². The maximum Gasteiger partial charge on any atom is 0.250 e. The van der Waals surface area contributed by atoms with E-state index in [0.29, 0.717) is 22.8 Å². The number of nitrogens with two attached hydrogens (primary N) is 1. The third-order valence-corrected chi connectivity index (χ3v) is 6.06. The Hall–Kier alpha value is -1.70. The molecule has 162 valence electrons. The van der Waals surface area contributed by atoms with Crippen molar-refractivity contribution >= 4 is 34.8 Å². The third kappa shape index (κ3) is 3.72. The van der Waals surface area contributed by atoms with Gasteiger partial charge in [0.2, 0.25) is 5.91 Å². The van der Waals surface area contributed by atoms with Crippen molar-refractivity contribution in [3.05, 3.63) is 64.5 Å². The predicted octanol–water partition coefficient (Wildman–Crippen LogP) is 3.93. The average molecular weight is 454 g/mol. The number of allylic oxidation sites excluding steroid dienone is 4. The van der Waals surface area contributed by atoms with E-state index in [1.165, 1.54) is 18.2 Å². The minimum atomic E-state index is -1.40. The van der Waals surface area contributed by atoms with Crippen LogP contribution in [0.5, 0.6) is 0 Å². The summed E-state index contributed by atoms with van der Waals surface area (Å²) in [6.07, 6.45) is 4.13. The summed E-state index contributed by atoms with van der Waals surface area (Å²) in [7, 11) is 0.